The SMILES string of the molecule is CC1(NC(=O)c2sc(N3CCCC3)nc2N)CC1. The molecule has 0 spiro atoms. The highest BCUT2D eigenvalue weighted by Gasteiger charge is 2.39. The van der Waals surface area contributed by atoms with E-state index in [0.29, 0.717) is 10.7 Å². The van der Waals surface area contributed by atoms with Crippen molar-refractivity contribution >= 4 is 28.2 Å². The van der Waals surface area contributed by atoms with Crippen LogP contribution in [0.1, 0.15) is 42.3 Å². The Bertz CT molecular complexity index is 474. The topological polar surface area (TPSA) is 71.2 Å². The largest absolute Gasteiger partial charge is 0.382 e. The Hall–Kier alpha value is -1.30. The zero-order valence-electron chi connectivity index (χ0n) is 10.5. The Labute approximate surface area is 110 Å². The Morgan fingerprint density at radius 2 is 2.11 bits per heavy atom. The minimum atomic E-state index is -0.0737. The molecule has 0 atom stereocenters. The minimum absolute atomic E-state index is 0.0126. The molecule has 1 aromatic heterocycles. The molecular formula is C12H18N4OS. The van der Waals surface area contributed by atoms with Crippen molar-refractivity contribution in [3.05, 3.63) is 4.88 Å². The second-order valence-corrected chi connectivity index (χ2v) is 6.40. The van der Waals surface area contributed by atoms with Gasteiger partial charge in [-0.25, -0.2) is 4.98 Å². The number of carbonyl (C=O) groups is 1. The van der Waals surface area contributed by atoms with Gasteiger partial charge in [-0.05, 0) is 32.6 Å². The van der Waals surface area contributed by atoms with E-state index in [2.05, 4.69) is 22.1 Å². The highest BCUT2D eigenvalue weighted by Crippen LogP contribution is 2.36. The van der Waals surface area contributed by atoms with Gasteiger partial charge in [-0.3, -0.25) is 4.79 Å². The van der Waals surface area contributed by atoms with Gasteiger partial charge in [0, 0.05) is 18.6 Å². The highest BCUT2D eigenvalue weighted by atomic mass is 32.1. The molecule has 2 aliphatic rings. The number of aromatic nitrogens is 1. The highest BCUT2D eigenvalue weighted by molar-refractivity contribution is 7.18. The molecule has 6 heteroatoms. The van der Waals surface area contributed by atoms with Gasteiger partial charge >= 0.3 is 0 Å². The number of rotatable bonds is 3. The molecule has 2 fully saturated rings. The van der Waals surface area contributed by atoms with Gasteiger partial charge in [-0.15, -0.1) is 0 Å². The smallest absolute Gasteiger partial charge is 0.265 e. The number of amides is 1. The molecule has 0 aromatic carbocycles. The monoisotopic (exact) mass is 266 g/mol. The summed E-state index contributed by atoms with van der Waals surface area (Å²) < 4.78 is 0. The molecule has 98 valence electrons. The number of anilines is 2. The van der Waals surface area contributed by atoms with Crippen LogP contribution in [0.5, 0.6) is 0 Å². The zero-order valence-corrected chi connectivity index (χ0v) is 11.3. The zero-order chi connectivity index (χ0) is 12.8. The molecule has 5 nitrogen and oxygen atoms in total. The van der Waals surface area contributed by atoms with Crippen molar-refractivity contribution in [2.24, 2.45) is 0 Å². The van der Waals surface area contributed by atoms with Crippen molar-refractivity contribution in [3.63, 3.8) is 0 Å². The van der Waals surface area contributed by atoms with E-state index in [-0.39, 0.29) is 11.4 Å². The van der Waals surface area contributed by atoms with E-state index in [1.165, 1.54) is 24.2 Å². The van der Waals surface area contributed by atoms with Gasteiger partial charge in [0.05, 0.1) is 0 Å². The van der Waals surface area contributed by atoms with Crippen LogP contribution in [0.3, 0.4) is 0 Å². The van der Waals surface area contributed by atoms with Crippen LogP contribution in [0.15, 0.2) is 0 Å². The molecule has 1 saturated carbocycles. The van der Waals surface area contributed by atoms with Crippen LogP contribution in [-0.2, 0) is 0 Å². The summed E-state index contributed by atoms with van der Waals surface area (Å²) in [6.45, 7) is 4.10. The molecule has 18 heavy (non-hydrogen) atoms. The van der Waals surface area contributed by atoms with Crippen molar-refractivity contribution in [2.75, 3.05) is 23.7 Å². The maximum Gasteiger partial charge on any atom is 0.265 e. The van der Waals surface area contributed by atoms with Gasteiger partial charge < -0.3 is 16.0 Å². The average molecular weight is 266 g/mol. The van der Waals surface area contributed by atoms with Crippen molar-refractivity contribution in [1.29, 1.82) is 0 Å². The Balaban J connectivity index is 1.77. The molecule has 3 N–H and O–H groups in total. The van der Waals surface area contributed by atoms with Gasteiger partial charge in [0.15, 0.2) is 5.13 Å². The Morgan fingerprint density at radius 1 is 1.44 bits per heavy atom. The molecule has 1 amide bonds. The third-order valence-electron chi connectivity index (χ3n) is 3.64. The van der Waals surface area contributed by atoms with E-state index in [1.54, 1.807) is 0 Å². The van der Waals surface area contributed by atoms with Crippen molar-refractivity contribution in [3.8, 4) is 0 Å². The molecule has 0 radical (unpaired) electrons. The molecular weight excluding hydrogens is 248 g/mol. The normalized spacial score (nSPS) is 21.1. The summed E-state index contributed by atoms with van der Waals surface area (Å²) in [4.78, 5) is 19.2. The number of carbonyl (C=O) groups excluding carboxylic acids is 1. The predicted octanol–water partition coefficient (Wildman–Crippen LogP) is 1.61. The van der Waals surface area contributed by atoms with Crippen LogP contribution in [0, 0.1) is 0 Å². The molecule has 1 saturated heterocycles. The minimum Gasteiger partial charge on any atom is -0.382 e. The summed E-state index contributed by atoms with van der Waals surface area (Å²) in [5, 5.41) is 3.91. The fourth-order valence-electron chi connectivity index (χ4n) is 2.17. The second kappa shape index (κ2) is 4.12. The first-order chi connectivity index (χ1) is 8.57. The van der Waals surface area contributed by atoms with E-state index < -0.39 is 0 Å². The van der Waals surface area contributed by atoms with Crippen molar-refractivity contribution < 1.29 is 4.79 Å². The maximum absolute atomic E-state index is 12.1. The number of nitrogens with two attached hydrogens (primary N) is 1. The number of nitrogen functional groups attached to an aromatic ring is 1. The molecule has 2 heterocycles. The number of nitrogens with one attached hydrogen (secondary N) is 1. The quantitative estimate of drug-likeness (QED) is 0.872. The first-order valence-corrected chi connectivity index (χ1v) is 7.23. The number of hydrogen-bond donors (Lipinski definition) is 2. The number of hydrogen-bond acceptors (Lipinski definition) is 5. The van der Waals surface area contributed by atoms with E-state index in [4.69, 9.17) is 5.73 Å². The Kier molecular flexibility index (Phi) is 2.69. The van der Waals surface area contributed by atoms with Crippen LogP contribution >= 0.6 is 11.3 Å². The molecule has 3 rings (SSSR count). The number of thiazole rings is 1. The lowest BCUT2D eigenvalue weighted by Gasteiger charge is -2.12. The first-order valence-electron chi connectivity index (χ1n) is 6.41. The lowest BCUT2D eigenvalue weighted by Crippen LogP contribution is -2.34. The van der Waals surface area contributed by atoms with Crippen LogP contribution in [-0.4, -0.2) is 29.5 Å². The van der Waals surface area contributed by atoms with Gasteiger partial charge in [0.25, 0.3) is 5.91 Å². The summed E-state index contributed by atoms with van der Waals surface area (Å²) in [6.07, 6.45) is 4.49. The summed E-state index contributed by atoms with van der Waals surface area (Å²) in [5.74, 6) is 0.291. The Morgan fingerprint density at radius 3 is 2.72 bits per heavy atom. The third-order valence-corrected chi connectivity index (χ3v) is 4.77. The standard InChI is InChI=1S/C12H18N4OS/c1-12(4-5-12)15-10(17)8-9(13)14-11(18-8)16-6-2-3-7-16/h2-7,13H2,1H3,(H,15,17). The van der Waals surface area contributed by atoms with Gasteiger partial charge in [0.2, 0.25) is 0 Å². The van der Waals surface area contributed by atoms with Crippen molar-refractivity contribution in [2.45, 2.75) is 38.1 Å². The predicted molar refractivity (Wildman–Crippen MR) is 73.1 cm³/mol. The summed E-state index contributed by atoms with van der Waals surface area (Å²) in [5.41, 5.74) is 5.85. The lowest BCUT2D eigenvalue weighted by atomic mass is 10.3. The van der Waals surface area contributed by atoms with Crippen molar-refractivity contribution in [1.82, 2.24) is 10.3 Å². The molecule has 1 aliphatic carbocycles. The van der Waals surface area contributed by atoms with Crippen LogP contribution in [0.2, 0.25) is 0 Å². The summed E-state index contributed by atoms with van der Waals surface area (Å²) in [6, 6.07) is 0. The summed E-state index contributed by atoms with van der Waals surface area (Å²) in [7, 11) is 0. The first kappa shape index (κ1) is 11.8. The van der Waals surface area contributed by atoms with Crippen LogP contribution in [0.25, 0.3) is 0 Å². The lowest BCUT2D eigenvalue weighted by molar-refractivity contribution is 0.0940. The van der Waals surface area contributed by atoms with Crippen LogP contribution in [0.4, 0.5) is 10.9 Å². The molecule has 0 unspecified atom stereocenters. The molecule has 0 bridgehead atoms. The van der Waals surface area contributed by atoms with Gasteiger partial charge in [-0.1, -0.05) is 11.3 Å². The second-order valence-electron chi connectivity index (χ2n) is 5.42. The third kappa shape index (κ3) is 2.16. The van der Waals surface area contributed by atoms with Gasteiger partial charge in [0.1, 0.15) is 10.7 Å². The van der Waals surface area contributed by atoms with E-state index in [1.807, 2.05) is 0 Å². The molecule has 1 aromatic rings. The maximum atomic E-state index is 12.1. The number of nitrogens with zero attached hydrogens (tertiary/aromatic N) is 2. The van der Waals surface area contributed by atoms with E-state index in [0.717, 1.165) is 31.1 Å². The van der Waals surface area contributed by atoms with Crippen LogP contribution < -0.4 is 16.0 Å². The summed E-state index contributed by atoms with van der Waals surface area (Å²) >= 11 is 1.41. The van der Waals surface area contributed by atoms with Gasteiger partial charge in [-0.2, -0.15) is 0 Å². The average Bonchev–Trinajstić information content (AvgIpc) is 2.79. The van der Waals surface area contributed by atoms with E-state index >= 15 is 0 Å². The fourth-order valence-corrected chi connectivity index (χ4v) is 3.10. The molecule has 1 aliphatic heterocycles. The van der Waals surface area contributed by atoms with E-state index in [9.17, 15) is 4.79 Å². The fraction of sp³-hybridized carbons (Fsp3) is 0.667.